The molecule has 0 saturated heterocycles. The van der Waals surface area contributed by atoms with Crippen LogP contribution in [0.25, 0.3) is 0 Å². The van der Waals surface area contributed by atoms with E-state index in [2.05, 4.69) is 11.9 Å². The number of nitrogens with zero attached hydrogens (tertiary/aromatic N) is 1. The largest absolute Gasteiger partial charge is 0.306 e. The number of ketones is 1. The fourth-order valence-corrected chi connectivity index (χ4v) is 5.17. The summed E-state index contributed by atoms with van der Waals surface area (Å²) in [5.74, 6) is 0.431. The highest BCUT2D eigenvalue weighted by Crippen LogP contribution is 2.50. The third-order valence-electron chi connectivity index (χ3n) is 6.23. The molecule has 2 aliphatic carbocycles. The van der Waals surface area contributed by atoms with E-state index in [1.807, 2.05) is 19.1 Å². The number of rotatable bonds is 3. The number of hydrogen-bond acceptors (Lipinski definition) is 3. The Balaban J connectivity index is 1.92. The van der Waals surface area contributed by atoms with Gasteiger partial charge in [0.15, 0.2) is 0 Å². The fraction of sp³-hybridized carbons (Fsp3) is 0.550. The zero-order valence-corrected chi connectivity index (χ0v) is 14.5. The molecule has 2 heterocycles. The van der Waals surface area contributed by atoms with Gasteiger partial charge in [-0.15, -0.1) is 6.58 Å². The number of carbonyl (C=O) groups excluding carboxylic acids is 1. The second-order valence-electron chi connectivity index (χ2n) is 7.57. The summed E-state index contributed by atoms with van der Waals surface area (Å²) in [6.45, 7) is 8.34. The van der Waals surface area contributed by atoms with Gasteiger partial charge < -0.3 is 5.32 Å². The van der Waals surface area contributed by atoms with Crippen LogP contribution in [0.15, 0.2) is 46.7 Å². The topological polar surface area (TPSA) is 49.2 Å². The van der Waals surface area contributed by atoms with Gasteiger partial charge in [-0.1, -0.05) is 11.6 Å². The molecule has 0 amide bonds. The highest BCUT2D eigenvalue weighted by Gasteiger charge is 2.49. The molecule has 4 heteroatoms. The molecule has 4 aliphatic rings. The molecule has 2 aliphatic heterocycles. The van der Waals surface area contributed by atoms with E-state index >= 15 is 0 Å². The summed E-state index contributed by atoms with van der Waals surface area (Å²) in [7, 11) is 0. The Bertz CT molecular complexity index is 741. The second kappa shape index (κ2) is 5.62. The lowest BCUT2D eigenvalue weighted by Crippen LogP contribution is -2.40. The minimum absolute atomic E-state index is 0.00409. The van der Waals surface area contributed by atoms with Crippen LogP contribution < -0.4 is 5.32 Å². The van der Waals surface area contributed by atoms with E-state index in [4.69, 9.17) is 0 Å². The molecule has 0 bridgehead atoms. The molecule has 0 aromatic rings. The fourth-order valence-electron chi connectivity index (χ4n) is 5.17. The summed E-state index contributed by atoms with van der Waals surface area (Å²) in [6.07, 6.45) is 7.46. The standard InChI is InChI=1S/C20H25N2O2/c1-4-5-18-15-9-13-10-21-17-7-6-14(12(3)23)20(19(13)17)16(15)8-11(2)22(18)24/h4,8,14-15,17-18,21H,1,5-7,9-10H2,2-3H3/q+1. The van der Waals surface area contributed by atoms with Crippen molar-refractivity contribution in [2.24, 2.45) is 11.8 Å². The quantitative estimate of drug-likeness (QED) is 0.640. The molecular formula is C20H25N2O2+. The molecule has 126 valence electrons. The first-order chi connectivity index (χ1) is 11.5. The Kier molecular flexibility index (Phi) is 3.68. The SMILES string of the molecule is C=CCC1C2CC3=C4C(=C2C=C(C)[N+]1=O)C(C(C)=O)CCC4NC3. The van der Waals surface area contributed by atoms with Crippen LogP contribution in [-0.4, -0.2) is 29.2 Å². The Morgan fingerprint density at radius 2 is 2.21 bits per heavy atom. The molecule has 0 spiro atoms. The normalized spacial score (nSPS) is 34.8. The molecule has 0 aromatic carbocycles. The predicted molar refractivity (Wildman–Crippen MR) is 93.3 cm³/mol. The Morgan fingerprint density at radius 1 is 1.42 bits per heavy atom. The number of allylic oxidation sites excluding steroid dienone is 2. The number of Topliss-reactive ketones (excluding diaryl/α,β-unsaturated/α-hetero) is 1. The molecule has 1 N–H and O–H groups in total. The minimum atomic E-state index is -0.0994. The first kappa shape index (κ1) is 15.7. The van der Waals surface area contributed by atoms with Gasteiger partial charge in [0, 0.05) is 47.6 Å². The first-order valence-corrected chi connectivity index (χ1v) is 8.98. The lowest BCUT2D eigenvalue weighted by molar-refractivity contribution is -0.549. The first-order valence-electron chi connectivity index (χ1n) is 8.98. The van der Waals surface area contributed by atoms with Gasteiger partial charge >= 0.3 is 0 Å². The van der Waals surface area contributed by atoms with Gasteiger partial charge in [0.25, 0.3) is 0 Å². The third-order valence-corrected chi connectivity index (χ3v) is 6.23. The van der Waals surface area contributed by atoms with Gasteiger partial charge in [0.2, 0.25) is 11.7 Å². The lowest BCUT2D eigenvalue weighted by Gasteiger charge is -2.38. The molecule has 0 aromatic heterocycles. The van der Waals surface area contributed by atoms with E-state index in [1.165, 1.54) is 22.3 Å². The van der Waals surface area contributed by atoms with Crippen LogP contribution in [0.3, 0.4) is 0 Å². The number of nitrogens with one attached hydrogen (secondary N) is 1. The molecular weight excluding hydrogens is 300 g/mol. The van der Waals surface area contributed by atoms with Crippen molar-refractivity contribution in [2.75, 3.05) is 6.54 Å². The minimum Gasteiger partial charge on any atom is -0.306 e. The molecule has 1 fully saturated rings. The van der Waals surface area contributed by atoms with E-state index in [-0.39, 0.29) is 23.7 Å². The maximum absolute atomic E-state index is 12.6. The number of carbonyl (C=O) groups is 1. The van der Waals surface area contributed by atoms with Gasteiger partial charge in [-0.2, -0.15) is 0 Å². The summed E-state index contributed by atoms with van der Waals surface area (Å²) in [5.41, 5.74) is 6.06. The zero-order valence-electron chi connectivity index (χ0n) is 14.5. The van der Waals surface area contributed by atoms with Crippen LogP contribution in [0.5, 0.6) is 0 Å². The summed E-state index contributed by atoms with van der Waals surface area (Å²) in [5, 5.41) is 3.62. The molecule has 4 atom stereocenters. The van der Waals surface area contributed by atoms with Crippen molar-refractivity contribution in [3.63, 3.8) is 0 Å². The van der Waals surface area contributed by atoms with E-state index in [0.29, 0.717) is 12.5 Å². The van der Waals surface area contributed by atoms with Crippen molar-refractivity contribution in [1.29, 1.82) is 0 Å². The van der Waals surface area contributed by atoms with Gasteiger partial charge in [-0.3, -0.25) is 4.79 Å². The second-order valence-corrected chi connectivity index (χ2v) is 7.57. The van der Waals surface area contributed by atoms with Crippen molar-refractivity contribution in [2.45, 2.75) is 51.6 Å². The summed E-state index contributed by atoms with van der Waals surface area (Å²) >= 11 is 0. The smallest absolute Gasteiger partial charge is 0.230 e. The maximum Gasteiger partial charge on any atom is 0.230 e. The van der Waals surface area contributed by atoms with E-state index in [9.17, 15) is 9.70 Å². The van der Waals surface area contributed by atoms with Crippen LogP contribution in [0.4, 0.5) is 0 Å². The van der Waals surface area contributed by atoms with Crippen LogP contribution in [0.1, 0.15) is 39.5 Å². The highest BCUT2D eigenvalue weighted by molar-refractivity contribution is 5.84. The average molecular weight is 325 g/mol. The van der Waals surface area contributed by atoms with Gasteiger partial charge in [0.05, 0.1) is 5.92 Å². The van der Waals surface area contributed by atoms with E-state index < -0.39 is 0 Å². The van der Waals surface area contributed by atoms with Crippen molar-refractivity contribution in [3.05, 3.63) is 51.6 Å². The number of hydrogen-bond donors (Lipinski definition) is 1. The van der Waals surface area contributed by atoms with Crippen LogP contribution >= 0.6 is 0 Å². The van der Waals surface area contributed by atoms with Gasteiger partial charge in [-0.05, 0) is 42.9 Å². The number of fused-ring (bicyclic) bond motifs is 1. The molecule has 4 unspecified atom stereocenters. The Morgan fingerprint density at radius 3 is 2.92 bits per heavy atom. The number of nitroso groups, excluding NO2 is 1. The van der Waals surface area contributed by atoms with Crippen molar-refractivity contribution < 1.29 is 9.55 Å². The van der Waals surface area contributed by atoms with Crippen LogP contribution in [0, 0.1) is 16.7 Å². The third kappa shape index (κ3) is 2.12. The molecule has 4 nitrogen and oxygen atoms in total. The summed E-state index contributed by atoms with van der Waals surface area (Å²) in [4.78, 5) is 25.0. The average Bonchev–Trinajstić information content (AvgIpc) is 2.97. The molecule has 1 saturated carbocycles. The van der Waals surface area contributed by atoms with Crippen LogP contribution in [-0.2, 0) is 4.79 Å². The molecule has 0 radical (unpaired) electrons. The van der Waals surface area contributed by atoms with Crippen molar-refractivity contribution in [1.82, 2.24) is 5.32 Å². The molecule has 4 rings (SSSR count). The monoisotopic (exact) mass is 325 g/mol. The Labute approximate surface area is 143 Å². The Hall–Kier alpha value is -1.81. The predicted octanol–water partition coefficient (Wildman–Crippen LogP) is 3.21. The van der Waals surface area contributed by atoms with Crippen molar-refractivity contribution >= 4 is 5.78 Å². The van der Waals surface area contributed by atoms with E-state index in [0.717, 1.165) is 36.3 Å². The maximum atomic E-state index is 12.6. The van der Waals surface area contributed by atoms with Gasteiger partial charge in [0.1, 0.15) is 5.78 Å². The highest BCUT2D eigenvalue weighted by atomic mass is 16.3. The summed E-state index contributed by atoms with van der Waals surface area (Å²) < 4.78 is 1.16. The molecule has 24 heavy (non-hydrogen) atoms. The van der Waals surface area contributed by atoms with Gasteiger partial charge in [-0.25, -0.2) is 0 Å². The lowest BCUT2D eigenvalue weighted by atomic mass is 9.65. The van der Waals surface area contributed by atoms with E-state index in [1.54, 1.807) is 6.92 Å². The summed E-state index contributed by atoms with van der Waals surface area (Å²) in [6, 6.07) is 0.300. The van der Waals surface area contributed by atoms with Crippen molar-refractivity contribution in [3.8, 4) is 0 Å². The zero-order chi connectivity index (χ0) is 17.0. The van der Waals surface area contributed by atoms with Crippen LogP contribution in [0.2, 0.25) is 0 Å².